The third kappa shape index (κ3) is 3.91. The normalized spacial score (nSPS) is 10.9. The predicted molar refractivity (Wildman–Crippen MR) is 85.2 cm³/mol. The van der Waals surface area contributed by atoms with Gasteiger partial charge in [-0.1, -0.05) is 18.2 Å². The number of nitrogens with zero attached hydrogens (tertiary/aromatic N) is 2. The molecule has 1 aromatic carbocycles. The molecule has 0 aliphatic rings. The van der Waals surface area contributed by atoms with Gasteiger partial charge in [0, 0.05) is 11.6 Å². The van der Waals surface area contributed by atoms with E-state index in [1.807, 2.05) is 20.8 Å². The van der Waals surface area contributed by atoms with Crippen molar-refractivity contribution in [2.24, 2.45) is 0 Å². The zero-order chi connectivity index (χ0) is 16.1. The molecule has 114 valence electrons. The van der Waals surface area contributed by atoms with Crippen LogP contribution in [0.2, 0.25) is 0 Å². The fraction of sp³-hybridized carbons (Fsp3) is 0.235. The first-order valence-corrected chi connectivity index (χ1v) is 7.02. The third-order valence-corrected chi connectivity index (χ3v) is 3.36. The average molecular weight is 297 g/mol. The van der Waals surface area contributed by atoms with Crippen molar-refractivity contribution in [2.75, 3.05) is 0 Å². The Morgan fingerprint density at radius 1 is 1.14 bits per heavy atom. The zero-order valence-electron chi connectivity index (χ0n) is 12.9. The van der Waals surface area contributed by atoms with Crippen molar-refractivity contribution in [3.05, 3.63) is 58.7 Å². The minimum absolute atomic E-state index is 0.141. The highest BCUT2D eigenvalue weighted by Gasteiger charge is 2.06. The van der Waals surface area contributed by atoms with Gasteiger partial charge in [0.25, 0.3) is 0 Å². The van der Waals surface area contributed by atoms with Crippen LogP contribution in [0, 0.1) is 20.8 Å². The van der Waals surface area contributed by atoms with E-state index in [0.717, 1.165) is 22.8 Å². The SMILES string of the molecule is Cc1nc(C)c(CNC(=O)/C=C/c2ccccc2O)nc1C. The minimum atomic E-state index is -0.248. The maximum Gasteiger partial charge on any atom is 0.244 e. The molecule has 0 aliphatic heterocycles. The average Bonchev–Trinajstić information content (AvgIpc) is 2.49. The fourth-order valence-corrected chi connectivity index (χ4v) is 1.95. The highest BCUT2D eigenvalue weighted by atomic mass is 16.3. The number of para-hydroxylation sites is 1. The molecular weight excluding hydrogens is 278 g/mol. The Bertz CT molecular complexity index is 724. The Balaban J connectivity index is 1.99. The topological polar surface area (TPSA) is 75.1 Å². The number of aromatic hydroxyl groups is 1. The van der Waals surface area contributed by atoms with Crippen molar-refractivity contribution >= 4 is 12.0 Å². The van der Waals surface area contributed by atoms with Crippen LogP contribution in [0.15, 0.2) is 30.3 Å². The molecule has 0 spiro atoms. The van der Waals surface area contributed by atoms with E-state index in [0.29, 0.717) is 12.1 Å². The lowest BCUT2D eigenvalue weighted by Crippen LogP contribution is -2.22. The number of aryl methyl sites for hydroxylation is 3. The molecular formula is C17H19N3O2. The van der Waals surface area contributed by atoms with Gasteiger partial charge in [-0.05, 0) is 32.9 Å². The summed E-state index contributed by atoms with van der Waals surface area (Å²) in [5.74, 6) is -0.106. The summed E-state index contributed by atoms with van der Waals surface area (Å²) in [6.45, 7) is 6.00. The van der Waals surface area contributed by atoms with Gasteiger partial charge in [-0.3, -0.25) is 14.8 Å². The Morgan fingerprint density at radius 2 is 1.82 bits per heavy atom. The first kappa shape index (κ1) is 15.7. The van der Waals surface area contributed by atoms with E-state index in [4.69, 9.17) is 0 Å². The van der Waals surface area contributed by atoms with Crippen molar-refractivity contribution in [3.63, 3.8) is 0 Å². The number of phenolic OH excluding ortho intramolecular Hbond substituents is 1. The lowest BCUT2D eigenvalue weighted by molar-refractivity contribution is -0.116. The lowest BCUT2D eigenvalue weighted by Gasteiger charge is -2.08. The number of benzene rings is 1. The first-order chi connectivity index (χ1) is 10.5. The van der Waals surface area contributed by atoms with Gasteiger partial charge < -0.3 is 10.4 Å². The monoisotopic (exact) mass is 297 g/mol. The molecule has 1 amide bonds. The van der Waals surface area contributed by atoms with Crippen molar-refractivity contribution < 1.29 is 9.90 Å². The predicted octanol–water partition coefficient (Wildman–Crippen LogP) is 2.44. The standard InChI is InChI=1S/C17H19N3O2/c1-11-12(2)20-15(13(3)19-11)10-18-17(22)9-8-14-6-4-5-7-16(14)21/h4-9,21H,10H2,1-3H3,(H,18,22)/b9-8+. The zero-order valence-corrected chi connectivity index (χ0v) is 12.9. The van der Waals surface area contributed by atoms with Crippen LogP contribution >= 0.6 is 0 Å². The molecule has 0 aliphatic carbocycles. The van der Waals surface area contributed by atoms with E-state index in [-0.39, 0.29) is 11.7 Å². The van der Waals surface area contributed by atoms with E-state index in [1.54, 1.807) is 30.3 Å². The molecule has 0 saturated carbocycles. The van der Waals surface area contributed by atoms with Crippen molar-refractivity contribution in [3.8, 4) is 5.75 Å². The van der Waals surface area contributed by atoms with Gasteiger partial charge in [-0.2, -0.15) is 0 Å². The molecule has 5 nitrogen and oxygen atoms in total. The first-order valence-electron chi connectivity index (χ1n) is 7.02. The van der Waals surface area contributed by atoms with Crippen LogP contribution in [0.4, 0.5) is 0 Å². The van der Waals surface area contributed by atoms with Crippen LogP contribution in [0.3, 0.4) is 0 Å². The Morgan fingerprint density at radius 3 is 2.55 bits per heavy atom. The second-order valence-electron chi connectivity index (χ2n) is 5.04. The van der Waals surface area contributed by atoms with Crippen molar-refractivity contribution in [2.45, 2.75) is 27.3 Å². The van der Waals surface area contributed by atoms with Crippen LogP contribution in [-0.4, -0.2) is 21.0 Å². The molecule has 1 heterocycles. The van der Waals surface area contributed by atoms with Crippen molar-refractivity contribution in [1.82, 2.24) is 15.3 Å². The highest BCUT2D eigenvalue weighted by Crippen LogP contribution is 2.16. The molecule has 2 aromatic rings. The number of carbonyl (C=O) groups excluding carboxylic acids is 1. The molecule has 0 saturated heterocycles. The number of phenols is 1. The summed E-state index contributed by atoms with van der Waals surface area (Å²) in [7, 11) is 0. The van der Waals surface area contributed by atoms with Gasteiger partial charge in [-0.15, -0.1) is 0 Å². The Kier molecular flexibility index (Phi) is 4.88. The number of hydrogen-bond acceptors (Lipinski definition) is 4. The summed E-state index contributed by atoms with van der Waals surface area (Å²) in [5.41, 5.74) is 3.92. The van der Waals surface area contributed by atoms with Gasteiger partial charge >= 0.3 is 0 Å². The van der Waals surface area contributed by atoms with E-state index in [1.165, 1.54) is 6.08 Å². The summed E-state index contributed by atoms with van der Waals surface area (Å²) in [6.07, 6.45) is 2.96. The third-order valence-electron chi connectivity index (χ3n) is 3.36. The molecule has 1 aromatic heterocycles. The molecule has 5 heteroatoms. The van der Waals surface area contributed by atoms with E-state index >= 15 is 0 Å². The second kappa shape index (κ2) is 6.85. The van der Waals surface area contributed by atoms with Gasteiger partial charge in [0.1, 0.15) is 5.75 Å². The maximum atomic E-state index is 11.8. The summed E-state index contributed by atoms with van der Waals surface area (Å²) in [6, 6.07) is 6.84. The van der Waals surface area contributed by atoms with E-state index in [2.05, 4.69) is 15.3 Å². The summed E-state index contributed by atoms with van der Waals surface area (Å²) in [5, 5.41) is 12.4. The minimum Gasteiger partial charge on any atom is -0.507 e. The Labute approximate surface area is 129 Å². The van der Waals surface area contributed by atoms with Crippen molar-refractivity contribution in [1.29, 1.82) is 0 Å². The van der Waals surface area contributed by atoms with Gasteiger partial charge in [0.05, 0.1) is 29.3 Å². The van der Waals surface area contributed by atoms with E-state index in [9.17, 15) is 9.90 Å². The largest absolute Gasteiger partial charge is 0.507 e. The smallest absolute Gasteiger partial charge is 0.244 e. The van der Waals surface area contributed by atoms with E-state index < -0.39 is 0 Å². The molecule has 2 N–H and O–H groups in total. The molecule has 0 radical (unpaired) electrons. The summed E-state index contributed by atoms with van der Waals surface area (Å²) in [4.78, 5) is 20.7. The number of hydrogen-bond donors (Lipinski definition) is 2. The van der Waals surface area contributed by atoms with Crippen LogP contribution in [0.5, 0.6) is 5.75 Å². The molecule has 0 unspecified atom stereocenters. The number of nitrogens with one attached hydrogen (secondary N) is 1. The number of aromatic nitrogens is 2. The highest BCUT2D eigenvalue weighted by molar-refractivity contribution is 5.92. The molecule has 0 fully saturated rings. The van der Waals surface area contributed by atoms with Gasteiger partial charge in [0.2, 0.25) is 5.91 Å². The van der Waals surface area contributed by atoms with Crippen LogP contribution in [0.25, 0.3) is 6.08 Å². The summed E-state index contributed by atoms with van der Waals surface area (Å²) >= 11 is 0. The van der Waals surface area contributed by atoms with Gasteiger partial charge in [0.15, 0.2) is 0 Å². The summed E-state index contributed by atoms with van der Waals surface area (Å²) < 4.78 is 0. The molecule has 0 atom stereocenters. The van der Waals surface area contributed by atoms with Crippen LogP contribution in [0.1, 0.15) is 28.3 Å². The number of carbonyl (C=O) groups is 1. The number of amides is 1. The number of rotatable bonds is 4. The maximum absolute atomic E-state index is 11.8. The van der Waals surface area contributed by atoms with Gasteiger partial charge in [-0.25, -0.2) is 0 Å². The van der Waals surface area contributed by atoms with Crippen LogP contribution in [-0.2, 0) is 11.3 Å². The second-order valence-corrected chi connectivity index (χ2v) is 5.04. The quantitative estimate of drug-likeness (QED) is 0.850. The lowest BCUT2D eigenvalue weighted by atomic mass is 10.2. The Hall–Kier alpha value is -2.69. The molecule has 22 heavy (non-hydrogen) atoms. The fourth-order valence-electron chi connectivity index (χ4n) is 1.95. The molecule has 2 rings (SSSR count). The molecule has 0 bridgehead atoms. The van der Waals surface area contributed by atoms with Crippen LogP contribution < -0.4 is 5.32 Å².